The first-order valence-electron chi connectivity index (χ1n) is 14.9. The molecule has 2 heterocycles. The third kappa shape index (κ3) is 6.55. The molecule has 0 aliphatic carbocycles. The number of benzene rings is 3. The van der Waals surface area contributed by atoms with Crippen LogP contribution in [0.4, 0.5) is 0 Å². The van der Waals surface area contributed by atoms with Gasteiger partial charge in [-0.15, -0.1) is 0 Å². The van der Waals surface area contributed by atoms with Crippen LogP contribution in [0.3, 0.4) is 0 Å². The minimum absolute atomic E-state index is 0.0674. The number of carboxylic acids is 1. The van der Waals surface area contributed by atoms with E-state index in [1.54, 1.807) is 21.3 Å². The summed E-state index contributed by atoms with van der Waals surface area (Å²) in [7, 11) is 4.77. The van der Waals surface area contributed by atoms with E-state index in [1.807, 2.05) is 70.5 Å². The Kier molecular flexibility index (Phi) is 9.79. The van der Waals surface area contributed by atoms with Gasteiger partial charge >= 0.3 is 5.97 Å². The van der Waals surface area contributed by atoms with E-state index in [-0.39, 0.29) is 25.2 Å². The number of unbranched alkanes of at least 4 members (excludes halogenated alkanes) is 1. The van der Waals surface area contributed by atoms with E-state index in [4.69, 9.17) is 23.7 Å². The van der Waals surface area contributed by atoms with Crippen LogP contribution in [0.5, 0.6) is 28.7 Å². The molecule has 0 unspecified atom stereocenters. The SMILES string of the molecule is CCCCN(Cc1ccc(OC)c(OC)c1)C(=O)CN1C[C@H](c2ccc3c(c2)OCO3)[C@H](C(=O)O)[C@H]1c1ccc(OC)cc1. The van der Waals surface area contributed by atoms with Crippen molar-refractivity contribution < 1.29 is 38.4 Å². The molecule has 0 spiro atoms. The fourth-order valence-corrected chi connectivity index (χ4v) is 6.19. The van der Waals surface area contributed by atoms with E-state index >= 15 is 0 Å². The van der Waals surface area contributed by atoms with Gasteiger partial charge in [-0.2, -0.15) is 0 Å². The average molecular weight is 605 g/mol. The van der Waals surface area contributed by atoms with Gasteiger partial charge in [-0.25, -0.2) is 0 Å². The van der Waals surface area contributed by atoms with Crippen LogP contribution in [0, 0.1) is 5.92 Å². The van der Waals surface area contributed by atoms with Gasteiger partial charge in [0.2, 0.25) is 12.7 Å². The van der Waals surface area contributed by atoms with Gasteiger partial charge in [-0.1, -0.05) is 37.6 Å². The van der Waals surface area contributed by atoms with Crippen molar-refractivity contribution in [3.8, 4) is 28.7 Å². The van der Waals surface area contributed by atoms with Crippen LogP contribution in [0.2, 0.25) is 0 Å². The molecule has 1 N–H and O–H groups in total. The maximum absolute atomic E-state index is 14.1. The second-order valence-corrected chi connectivity index (χ2v) is 11.1. The summed E-state index contributed by atoms with van der Waals surface area (Å²) in [6.07, 6.45) is 1.78. The molecule has 234 valence electrons. The lowest BCUT2D eigenvalue weighted by Crippen LogP contribution is -2.41. The first-order chi connectivity index (χ1) is 21.4. The molecule has 0 aromatic heterocycles. The third-order valence-electron chi connectivity index (χ3n) is 8.46. The van der Waals surface area contributed by atoms with E-state index in [2.05, 4.69) is 6.92 Å². The van der Waals surface area contributed by atoms with Gasteiger partial charge in [-0.3, -0.25) is 14.5 Å². The summed E-state index contributed by atoms with van der Waals surface area (Å²) in [5, 5.41) is 10.6. The second kappa shape index (κ2) is 13.9. The number of likely N-dealkylation sites (tertiary alicyclic amines) is 1. The number of carboxylic acid groups (broad SMARTS) is 1. The van der Waals surface area contributed by atoms with E-state index in [0.717, 1.165) is 29.5 Å². The quantitative estimate of drug-likeness (QED) is 0.285. The zero-order valence-electron chi connectivity index (χ0n) is 25.7. The molecule has 44 heavy (non-hydrogen) atoms. The smallest absolute Gasteiger partial charge is 0.309 e. The molecule has 3 aromatic carbocycles. The van der Waals surface area contributed by atoms with Crippen molar-refractivity contribution in [1.29, 1.82) is 0 Å². The predicted octanol–water partition coefficient (Wildman–Crippen LogP) is 5.11. The van der Waals surface area contributed by atoms with E-state index in [0.29, 0.717) is 48.4 Å². The molecule has 0 bridgehead atoms. The molecule has 2 aliphatic heterocycles. The van der Waals surface area contributed by atoms with E-state index in [1.165, 1.54) is 0 Å². The number of nitrogens with zero attached hydrogens (tertiary/aromatic N) is 2. The van der Waals surface area contributed by atoms with Crippen LogP contribution < -0.4 is 23.7 Å². The molecule has 10 heteroatoms. The minimum atomic E-state index is -0.920. The topological polar surface area (TPSA) is 107 Å². The number of methoxy groups -OCH3 is 3. The van der Waals surface area contributed by atoms with Crippen LogP contribution in [-0.2, 0) is 16.1 Å². The molecular weight excluding hydrogens is 564 g/mol. The lowest BCUT2D eigenvalue weighted by molar-refractivity contribution is -0.144. The van der Waals surface area contributed by atoms with Crippen molar-refractivity contribution in [2.45, 2.75) is 38.3 Å². The van der Waals surface area contributed by atoms with Gasteiger partial charge < -0.3 is 33.7 Å². The van der Waals surface area contributed by atoms with Crippen molar-refractivity contribution in [2.24, 2.45) is 5.92 Å². The second-order valence-electron chi connectivity index (χ2n) is 11.1. The Balaban J connectivity index is 1.46. The van der Waals surface area contributed by atoms with Crippen molar-refractivity contribution in [3.05, 3.63) is 77.4 Å². The Morgan fingerprint density at radius 1 is 0.909 bits per heavy atom. The van der Waals surface area contributed by atoms with Crippen LogP contribution in [0.25, 0.3) is 0 Å². The zero-order valence-corrected chi connectivity index (χ0v) is 25.7. The molecule has 0 saturated carbocycles. The normalized spacial score (nSPS) is 19.0. The highest BCUT2D eigenvalue weighted by atomic mass is 16.7. The highest BCUT2D eigenvalue weighted by Crippen LogP contribution is 2.48. The van der Waals surface area contributed by atoms with Crippen LogP contribution in [0.15, 0.2) is 60.7 Å². The van der Waals surface area contributed by atoms with Crippen molar-refractivity contribution in [1.82, 2.24) is 9.80 Å². The lowest BCUT2D eigenvalue weighted by atomic mass is 9.82. The standard InChI is InChI=1S/C34H40N2O8/c1-5-6-15-35(18-22-7-13-27(41-3)29(16-22)42-4)31(37)20-36-19-26(24-10-14-28-30(17-24)44-21-43-28)32(34(38)39)33(36)23-8-11-25(40-2)12-9-23/h7-14,16-17,26,32-33H,5-6,15,18-21H2,1-4H3,(H,38,39)/t26-,32+,33-/m1/s1. The summed E-state index contributed by atoms with van der Waals surface area (Å²) in [5.74, 6) is 0.970. The van der Waals surface area contributed by atoms with Gasteiger partial charge in [0.1, 0.15) is 5.75 Å². The molecule has 1 fully saturated rings. The first-order valence-corrected chi connectivity index (χ1v) is 14.9. The van der Waals surface area contributed by atoms with Gasteiger partial charge in [0.05, 0.1) is 33.8 Å². The number of carbonyl (C=O) groups excluding carboxylic acids is 1. The molecule has 3 atom stereocenters. The summed E-state index contributed by atoms with van der Waals surface area (Å²) in [6, 6.07) is 18.1. The monoisotopic (exact) mass is 604 g/mol. The molecule has 3 aromatic rings. The molecule has 10 nitrogen and oxygen atoms in total. The third-order valence-corrected chi connectivity index (χ3v) is 8.46. The average Bonchev–Trinajstić information content (AvgIpc) is 3.67. The van der Waals surface area contributed by atoms with E-state index < -0.39 is 17.9 Å². The highest BCUT2D eigenvalue weighted by Gasteiger charge is 2.48. The lowest BCUT2D eigenvalue weighted by Gasteiger charge is -2.30. The van der Waals surface area contributed by atoms with Gasteiger partial charge in [0, 0.05) is 31.6 Å². The Bertz CT molecular complexity index is 1460. The van der Waals surface area contributed by atoms with E-state index in [9.17, 15) is 14.7 Å². The largest absolute Gasteiger partial charge is 0.497 e. The molecule has 2 aliphatic rings. The van der Waals surface area contributed by atoms with Gasteiger partial charge in [0.25, 0.3) is 0 Å². The highest BCUT2D eigenvalue weighted by molar-refractivity contribution is 5.79. The summed E-state index contributed by atoms with van der Waals surface area (Å²) < 4.78 is 27.3. The number of rotatable bonds is 13. The summed E-state index contributed by atoms with van der Waals surface area (Å²) in [6.45, 7) is 3.66. The Morgan fingerprint density at radius 3 is 2.32 bits per heavy atom. The van der Waals surface area contributed by atoms with Crippen molar-refractivity contribution in [2.75, 3.05) is 47.8 Å². The fourth-order valence-electron chi connectivity index (χ4n) is 6.19. The first kappa shape index (κ1) is 31.0. The summed E-state index contributed by atoms with van der Waals surface area (Å²) >= 11 is 0. The molecule has 0 radical (unpaired) electrons. The number of aliphatic carboxylic acids is 1. The Labute approximate surface area is 258 Å². The van der Waals surface area contributed by atoms with Crippen LogP contribution in [0.1, 0.15) is 48.4 Å². The maximum atomic E-state index is 14.1. The van der Waals surface area contributed by atoms with Crippen LogP contribution >= 0.6 is 0 Å². The maximum Gasteiger partial charge on any atom is 0.309 e. The number of amides is 1. The molecule has 5 rings (SSSR count). The van der Waals surface area contributed by atoms with Crippen LogP contribution in [-0.4, -0.2) is 74.5 Å². The summed E-state index contributed by atoms with van der Waals surface area (Å²) in [4.78, 5) is 30.9. The molecular formula is C34H40N2O8. The number of hydrogen-bond acceptors (Lipinski definition) is 8. The van der Waals surface area contributed by atoms with Crippen molar-refractivity contribution in [3.63, 3.8) is 0 Å². The number of fused-ring (bicyclic) bond motifs is 1. The molecule has 1 saturated heterocycles. The zero-order chi connectivity index (χ0) is 31.2. The fraction of sp³-hybridized carbons (Fsp3) is 0.412. The molecule has 1 amide bonds. The van der Waals surface area contributed by atoms with Crippen molar-refractivity contribution >= 4 is 11.9 Å². The number of ether oxygens (including phenoxy) is 5. The van der Waals surface area contributed by atoms with Gasteiger partial charge in [-0.05, 0) is 59.5 Å². The summed E-state index contributed by atoms with van der Waals surface area (Å²) in [5.41, 5.74) is 2.57. The Morgan fingerprint density at radius 2 is 1.64 bits per heavy atom. The number of hydrogen-bond donors (Lipinski definition) is 1. The van der Waals surface area contributed by atoms with Gasteiger partial charge in [0.15, 0.2) is 23.0 Å². The predicted molar refractivity (Wildman–Crippen MR) is 164 cm³/mol. The number of carbonyl (C=O) groups is 2. The minimum Gasteiger partial charge on any atom is -0.497 e. The Hall–Kier alpha value is -4.44.